The average molecular weight is 243 g/mol. The summed E-state index contributed by atoms with van der Waals surface area (Å²) in [5, 5.41) is 11.9. The number of benzene rings is 1. The SMILES string of the molecule is Cc1ccnc(NCc2cccc(C(=O)O)c2)n1. The minimum absolute atomic E-state index is 0.277. The van der Waals surface area contributed by atoms with Gasteiger partial charge in [-0.15, -0.1) is 0 Å². The van der Waals surface area contributed by atoms with Crippen molar-refractivity contribution in [3.8, 4) is 0 Å². The smallest absolute Gasteiger partial charge is 0.335 e. The van der Waals surface area contributed by atoms with Gasteiger partial charge >= 0.3 is 5.97 Å². The molecule has 0 atom stereocenters. The van der Waals surface area contributed by atoms with Gasteiger partial charge in [0.1, 0.15) is 0 Å². The van der Waals surface area contributed by atoms with E-state index < -0.39 is 5.97 Å². The lowest BCUT2D eigenvalue weighted by atomic mass is 10.1. The van der Waals surface area contributed by atoms with Crippen molar-refractivity contribution in [3.05, 3.63) is 53.3 Å². The Balaban J connectivity index is 2.06. The highest BCUT2D eigenvalue weighted by Gasteiger charge is 2.03. The van der Waals surface area contributed by atoms with Gasteiger partial charge < -0.3 is 10.4 Å². The quantitative estimate of drug-likeness (QED) is 0.860. The van der Waals surface area contributed by atoms with Crippen LogP contribution in [0.4, 0.5) is 5.95 Å². The number of rotatable bonds is 4. The molecule has 0 saturated heterocycles. The van der Waals surface area contributed by atoms with Crippen LogP contribution >= 0.6 is 0 Å². The van der Waals surface area contributed by atoms with Crippen LogP contribution in [0.3, 0.4) is 0 Å². The molecule has 2 rings (SSSR count). The predicted molar refractivity (Wildman–Crippen MR) is 67.5 cm³/mol. The van der Waals surface area contributed by atoms with Crippen LogP contribution in [0, 0.1) is 6.92 Å². The Hall–Kier alpha value is -2.43. The molecule has 5 heteroatoms. The third-order valence-electron chi connectivity index (χ3n) is 2.42. The molecule has 0 aliphatic heterocycles. The number of nitrogens with zero attached hydrogens (tertiary/aromatic N) is 2. The summed E-state index contributed by atoms with van der Waals surface area (Å²) in [6, 6.07) is 8.59. The molecule has 0 aliphatic rings. The largest absolute Gasteiger partial charge is 0.478 e. The van der Waals surface area contributed by atoms with E-state index in [4.69, 9.17) is 5.11 Å². The van der Waals surface area contributed by atoms with E-state index in [2.05, 4.69) is 15.3 Å². The van der Waals surface area contributed by atoms with Crippen LogP contribution in [-0.4, -0.2) is 21.0 Å². The Bertz CT molecular complexity index is 570. The van der Waals surface area contributed by atoms with E-state index in [0.29, 0.717) is 12.5 Å². The van der Waals surface area contributed by atoms with E-state index in [9.17, 15) is 4.79 Å². The van der Waals surface area contributed by atoms with Gasteiger partial charge in [0.05, 0.1) is 5.56 Å². The first-order valence-electron chi connectivity index (χ1n) is 5.51. The zero-order valence-corrected chi connectivity index (χ0v) is 9.92. The van der Waals surface area contributed by atoms with Gasteiger partial charge in [-0.1, -0.05) is 12.1 Å². The zero-order chi connectivity index (χ0) is 13.0. The number of nitrogens with one attached hydrogen (secondary N) is 1. The maximum absolute atomic E-state index is 10.8. The molecule has 0 radical (unpaired) electrons. The van der Waals surface area contributed by atoms with E-state index in [1.54, 1.807) is 24.4 Å². The van der Waals surface area contributed by atoms with E-state index in [-0.39, 0.29) is 5.56 Å². The lowest BCUT2D eigenvalue weighted by molar-refractivity contribution is 0.0697. The van der Waals surface area contributed by atoms with E-state index in [1.165, 1.54) is 0 Å². The minimum Gasteiger partial charge on any atom is -0.478 e. The second-order valence-electron chi connectivity index (χ2n) is 3.88. The van der Waals surface area contributed by atoms with Gasteiger partial charge in [-0.25, -0.2) is 14.8 Å². The standard InChI is InChI=1S/C13H13N3O2/c1-9-5-6-14-13(16-9)15-8-10-3-2-4-11(7-10)12(17)18/h2-7H,8H2,1H3,(H,17,18)(H,14,15,16). The first kappa shape index (κ1) is 12.0. The molecule has 0 bridgehead atoms. The van der Waals surface area contributed by atoms with Gasteiger partial charge in [0, 0.05) is 18.4 Å². The van der Waals surface area contributed by atoms with Crippen LogP contribution in [0.5, 0.6) is 0 Å². The predicted octanol–water partition coefficient (Wildman–Crippen LogP) is 2.10. The van der Waals surface area contributed by atoms with Gasteiger partial charge in [0.25, 0.3) is 0 Å². The van der Waals surface area contributed by atoms with Crippen molar-refractivity contribution in [1.29, 1.82) is 0 Å². The van der Waals surface area contributed by atoms with Gasteiger partial charge in [-0.2, -0.15) is 0 Å². The maximum atomic E-state index is 10.8. The van der Waals surface area contributed by atoms with Gasteiger partial charge in [0.15, 0.2) is 0 Å². The molecule has 18 heavy (non-hydrogen) atoms. The highest BCUT2D eigenvalue weighted by molar-refractivity contribution is 5.87. The molecule has 1 heterocycles. The summed E-state index contributed by atoms with van der Waals surface area (Å²) in [5.74, 6) is -0.389. The fourth-order valence-electron chi connectivity index (χ4n) is 1.53. The van der Waals surface area contributed by atoms with E-state index in [1.807, 2.05) is 19.1 Å². The molecule has 0 aliphatic carbocycles. The summed E-state index contributed by atoms with van der Waals surface area (Å²) >= 11 is 0. The highest BCUT2D eigenvalue weighted by atomic mass is 16.4. The molecule has 0 unspecified atom stereocenters. The monoisotopic (exact) mass is 243 g/mol. The van der Waals surface area contributed by atoms with Crippen molar-refractivity contribution in [1.82, 2.24) is 9.97 Å². The normalized spacial score (nSPS) is 10.1. The average Bonchev–Trinajstić information content (AvgIpc) is 2.37. The summed E-state index contributed by atoms with van der Waals surface area (Å²) in [4.78, 5) is 19.1. The number of carbonyl (C=O) groups is 1. The molecule has 0 amide bonds. The number of carboxylic acids is 1. The molecule has 0 spiro atoms. The molecule has 1 aromatic heterocycles. The first-order chi connectivity index (χ1) is 8.65. The highest BCUT2D eigenvalue weighted by Crippen LogP contribution is 2.07. The molecule has 2 aromatic rings. The number of aromatic nitrogens is 2. The minimum atomic E-state index is -0.927. The third kappa shape index (κ3) is 3.04. The lowest BCUT2D eigenvalue weighted by Gasteiger charge is -2.05. The van der Waals surface area contributed by atoms with Crippen LogP contribution in [0.1, 0.15) is 21.6 Å². The van der Waals surface area contributed by atoms with Crippen LogP contribution in [-0.2, 0) is 6.54 Å². The molecule has 1 aromatic carbocycles. The van der Waals surface area contributed by atoms with Crippen molar-refractivity contribution in [2.75, 3.05) is 5.32 Å². The topological polar surface area (TPSA) is 75.1 Å². The fourth-order valence-corrected chi connectivity index (χ4v) is 1.53. The Morgan fingerprint density at radius 1 is 1.39 bits per heavy atom. The summed E-state index contributed by atoms with van der Waals surface area (Å²) in [5.41, 5.74) is 2.03. The van der Waals surface area contributed by atoms with Gasteiger partial charge in [-0.05, 0) is 30.7 Å². The van der Waals surface area contributed by atoms with Gasteiger partial charge in [0.2, 0.25) is 5.95 Å². The van der Waals surface area contributed by atoms with E-state index in [0.717, 1.165) is 11.3 Å². The molecular weight excluding hydrogens is 230 g/mol. The Morgan fingerprint density at radius 3 is 2.94 bits per heavy atom. The number of aryl methyl sites for hydroxylation is 1. The fraction of sp³-hybridized carbons (Fsp3) is 0.154. The van der Waals surface area contributed by atoms with Crippen molar-refractivity contribution in [2.45, 2.75) is 13.5 Å². The van der Waals surface area contributed by atoms with Gasteiger partial charge in [-0.3, -0.25) is 0 Å². The van der Waals surface area contributed by atoms with Crippen molar-refractivity contribution < 1.29 is 9.90 Å². The van der Waals surface area contributed by atoms with Crippen LogP contribution in [0.25, 0.3) is 0 Å². The van der Waals surface area contributed by atoms with Crippen molar-refractivity contribution in [3.63, 3.8) is 0 Å². The summed E-state index contributed by atoms with van der Waals surface area (Å²) in [7, 11) is 0. The van der Waals surface area contributed by atoms with Crippen molar-refractivity contribution in [2.24, 2.45) is 0 Å². The number of aromatic carboxylic acids is 1. The Labute approximate surface area is 105 Å². The molecule has 0 fully saturated rings. The first-order valence-corrected chi connectivity index (χ1v) is 5.51. The lowest BCUT2D eigenvalue weighted by Crippen LogP contribution is -2.05. The zero-order valence-electron chi connectivity index (χ0n) is 9.92. The van der Waals surface area contributed by atoms with Crippen LogP contribution in [0.15, 0.2) is 36.5 Å². The molecule has 0 saturated carbocycles. The third-order valence-corrected chi connectivity index (χ3v) is 2.42. The Kier molecular flexibility index (Phi) is 3.52. The summed E-state index contributed by atoms with van der Waals surface area (Å²) in [6.45, 7) is 2.38. The molecular formula is C13H13N3O2. The number of carboxylic acid groups (broad SMARTS) is 1. The maximum Gasteiger partial charge on any atom is 0.335 e. The second kappa shape index (κ2) is 5.27. The molecule has 5 nitrogen and oxygen atoms in total. The number of hydrogen-bond acceptors (Lipinski definition) is 4. The van der Waals surface area contributed by atoms with Crippen molar-refractivity contribution >= 4 is 11.9 Å². The molecule has 92 valence electrons. The van der Waals surface area contributed by atoms with Crippen LogP contribution < -0.4 is 5.32 Å². The van der Waals surface area contributed by atoms with Crippen LogP contribution in [0.2, 0.25) is 0 Å². The van der Waals surface area contributed by atoms with E-state index >= 15 is 0 Å². The summed E-state index contributed by atoms with van der Waals surface area (Å²) < 4.78 is 0. The summed E-state index contributed by atoms with van der Waals surface area (Å²) in [6.07, 6.45) is 1.68. The molecule has 2 N–H and O–H groups in total. The number of anilines is 1. The second-order valence-corrected chi connectivity index (χ2v) is 3.88. The Morgan fingerprint density at radius 2 is 2.22 bits per heavy atom. The number of hydrogen-bond donors (Lipinski definition) is 2.